The Hall–Kier alpha value is -6.16. The Kier molecular flexibility index (Phi) is 13.2. The zero-order valence-electron chi connectivity index (χ0n) is 33.2. The second-order valence-corrected chi connectivity index (χ2v) is 16.4. The zero-order valence-corrected chi connectivity index (χ0v) is 34.1. The van der Waals surface area contributed by atoms with Crippen molar-refractivity contribution in [1.29, 1.82) is 5.41 Å². The van der Waals surface area contributed by atoms with Gasteiger partial charge in [0.2, 0.25) is 17.7 Å². The number of imide groups is 2. The van der Waals surface area contributed by atoms with Crippen LogP contribution in [0.25, 0.3) is 0 Å². The molecule has 2 unspecified atom stereocenters. The number of likely N-dealkylation sites (tertiary alicyclic amines) is 1. The van der Waals surface area contributed by atoms with Gasteiger partial charge in [-0.15, -0.1) is 11.8 Å². The largest absolute Gasteiger partial charge is 0.457 e. The summed E-state index contributed by atoms with van der Waals surface area (Å²) < 4.78 is 20.9. The lowest BCUT2D eigenvalue weighted by Crippen LogP contribution is -2.54. The number of nitrogens with two attached hydrogens (primary N) is 1. The van der Waals surface area contributed by atoms with Crippen LogP contribution in [0.4, 0.5) is 16.0 Å². The van der Waals surface area contributed by atoms with Crippen molar-refractivity contribution >= 4 is 58.6 Å². The third-order valence-electron chi connectivity index (χ3n) is 11.1. The Morgan fingerprint density at radius 1 is 0.967 bits per heavy atom. The van der Waals surface area contributed by atoms with Gasteiger partial charge in [0.25, 0.3) is 11.8 Å². The summed E-state index contributed by atoms with van der Waals surface area (Å²) in [5.74, 6) is -0.389. The lowest BCUT2D eigenvalue weighted by atomic mass is 9.97. The number of benzene rings is 3. The quantitative estimate of drug-likeness (QED) is 0.0436. The number of piperidine rings is 1. The molecule has 0 aliphatic carbocycles. The predicted molar refractivity (Wildman–Crippen MR) is 225 cm³/mol. The third-order valence-corrected chi connectivity index (χ3v) is 12.2. The van der Waals surface area contributed by atoms with E-state index in [9.17, 15) is 24.0 Å². The summed E-state index contributed by atoms with van der Waals surface area (Å²) in [6.45, 7) is 3.33. The highest BCUT2D eigenvalue weighted by atomic mass is 32.2. The highest BCUT2D eigenvalue weighted by molar-refractivity contribution is 7.99. The Labute approximate surface area is 351 Å². The number of hydrogen-bond acceptors (Lipinski definition) is 12. The highest BCUT2D eigenvalue weighted by Crippen LogP contribution is 2.34. The number of amides is 5. The van der Waals surface area contributed by atoms with E-state index in [1.165, 1.54) is 24.2 Å². The molecule has 7 rings (SSSR count). The van der Waals surface area contributed by atoms with Gasteiger partial charge >= 0.3 is 0 Å². The molecule has 2 saturated heterocycles. The summed E-state index contributed by atoms with van der Waals surface area (Å²) in [7, 11) is 0. The Morgan fingerprint density at radius 3 is 2.43 bits per heavy atom. The van der Waals surface area contributed by atoms with Crippen molar-refractivity contribution in [3.8, 4) is 11.5 Å². The molecule has 60 heavy (non-hydrogen) atoms. The molecular weight excluding hydrogens is 788 g/mol. The maximum Gasteiger partial charge on any atom is 0.262 e. The van der Waals surface area contributed by atoms with Gasteiger partial charge < -0.3 is 20.7 Å². The first kappa shape index (κ1) is 42.0. The van der Waals surface area contributed by atoms with E-state index in [1.54, 1.807) is 24.3 Å². The van der Waals surface area contributed by atoms with Crippen molar-refractivity contribution in [2.75, 3.05) is 29.9 Å². The summed E-state index contributed by atoms with van der Waals surface area (Å²) >= 11 is 1.25. The second kappa shape index (κ2) is 18.8. The molecule has 3 aliphatic rings. The first-order valence-corrected chi connectivity index (χ1v) is 21.2. The number of nitrogens with one attached hydrogen (secondary N) is 3. The van der Waals surface area contributed by atoms with E-state index in [2.05, 4.69) is 27.5 Å². The van der Waals surface area contributed by atoms with E-state index >= 15 is 4.39 Å². The topological polar surface area (TPSA) is 201 Å². The lowest BCUT2D eigenvalue weighted by Gasteiger charge is -2.27. The third kappa shape index (κ3) is 9.49. The average molecular weight is 835 g/mol. The van der Waals surface area contributed by atoms with E-state index in [-0.39, 0.29) is 58.3 Å². The molecular formula is C44H47FN8O6S. The van der Waals surface area contributed by atoms with Crippen molar-refractivity contribution in [2.45, 2.75) is 81.7 Å². The van der Waals surface area contributed by atoms with Gasteiger partial charge in [0.1, 0.15) is 41.3 Å². The molecule has 4 heterocycles. The fourth-order valence-corrected chi connectivity index (χ4v) is 8.80. The Balaban J connectivity index is 0.851. The van der Waals surface area contributed by atoms with Gasteiger partial charge in [-0.1, -0.05) is 38.0 Å². The fourth-order valence-electron chi connectivity index (χ4n) is 7.84. The van der Waals surface area contributed by atoms with Crippen LogP contribution in [0.2, 0.25) is 0 Å². The molecule has 2 fully saturated rings. The van der Waals surface area contributed by atoms with Crippen molar-refractivity contribution in [3.05, 3.63) is 101 Å². The number of fused-ring (bicyclic) bond motifs is 1. The molecule has 3 aliphatic heterocycles. The number of carbonyl (C=O) groups excluding carboxylic acids is 5. The number of rotatable bonds is 15. The van der Waals surface area contributed by atoms with Crippen LogP contribution in [-0.2, 0) is 14.4 Å². The standard InChI is InChI=1S/C44H47FN8O6S/c1-26-24-52(20-9-12-33(26)50-41-38(40(47)48-25-49-41)39(46)27-14-16-29(17-15-27)59-28-10-5-4-6-11-28)37(55)13-7-2-3-8-21-60-35-23-31-30(22-32(35)45)43(57)53(44(31)58)34-18-19-36(54)51-42(34)56/h4-6,10-11,14-17,22-23,25-26,33-34,46H,2-3,7-9,12-13,18-21,24H2,1H3,(H,51,54,56)(H3,47,48,49,50)/t26?,33-,34?/m1/s1. The fraction of sp³-hybridized carbons (Fsp3) is 0.364. The van der Waals surface area contributed by atoms with Crippen LogP contribution < -0.4 is 21.1 Å². The molecule has 0 radical (unpaired) electrons. The minimum Gasteiger partial charge on any atom is -0.457 e. The number of ether oxygens (including phenoxy) is 1. The molecule has 3 aromatic carbocycles. The number of hydrogen-bond donors (Lipinski definition) is 4. The molecule has 0 spiro atoms. The number of nitrogens with zero attached hydrogens (tertiary/aromatic N) is 4. The number of unbranched alkanes of at least 4 members (excludes halogenated alkanes) is 3. The van der Waals surface area contributed by atoms with Crippen LogP contribution in [-0.4, -0.2) is 85.9 Å². The molecule has 1 aromatic heterocycles. The molecule has 5 N–H and O–H groups in total. The van der Waals surface area contributed by atoms with E-state index in [4.69, 9.17) is 15.9 Å². The molecule has 312 valence electrons. The summed E-state index contributed by atoms with van der Waals surface area (Å²) in [4.78, 5) is 75.0. The van der Waals surface area contributed by atoms with Crippen LogP contribution in [0.15, 0.2) is 78.0 Å². The van der Waals surface area contributed by atoms with Gasteiger partial charge in [-0.25, -0.2) is 14.4 Å². The number of halogens is 1. The molecule has 16 heteroatoms. The number of nitrogen functional groups attached to an aromatic ring is 1. The smallest absolute Gasteiger partial charge is 0.262 e. The minimum atomic E-state index is -1.11. The normalized spacial score (nSPS) is 19.1. The second-order valence-electron chi connectivity index (χ2n) is 15.3. The monoisotopic (exact) mass is 834 g/mol. The van der Waals surface area contributed by atoms with Gasteiger partial charge in [0.15, 0.2) is 0 Å². The molecule has 3 atom stereocenters. The summed E-state index contributed by atoms with van der Waals surface area (Å²) in [6, 6.07) is 18.0. The summed E-state index contributed by atoms with van der Waals surface area (Å²) in [5.41, 5.74) is 7.53. The number of anilines is 2. The first-order valence-electron chi connectivity index (χ1n) is 20.2. The SMILES string of the molecule is CC1CN(C(=O)CCCCCCSc2cc3c(cc2F)C(=O)N(C2CCC(=O)NC2=O)C3=O)CCC[C@H]1Nc1ncnc(N)c1C(=N)c1ccc(Oc2ccccc2)cc1. The average Bonchev–Trinajstić information content (AvgIpc) is 3.33. The van der Waals surface area contributed by atoms with Crippen LogP contribution in [0.3, 0.4) is 0 Å². The number of thioether (sulfide) groups is 1. The number of carbonyl (C=O) groups is 5. The summed E-state index contributed by atoms with van der Waals surface area (Å²) in [6.07, 6.45) is 6.60. The van der Waals surface area contributed by atoms with E-state index < -0.39 is 35.5 Å². The molecule has 14 nitrogen and oxygen atoms in total. The van der Waals surface area contributed by atoms with Gasteiger partial charge in [-0.2, -0.15) is 0 Å². The van der Waals surface area contributed by atoms with E-state index in [1.807, 2.05) is 35.2 Å². The first-order chi connectivity index (χ1) is 29.0. The van der Waals surface area contributed by atoms with Crippen LogP contribution in [0, 0.1) is 17.1 Å². The highest BCUT2D eigenvalue weighted by Gasteiger charge is 2.45. The van der Waals surface area contributed by atoms with Gasteiger partial charge in [0.05, 0.1) is 22.4 Å². The van der Waals surface area contributed by atoms with Crippen molar-refractivity contribution in [3.63, 3.8) is 0 Å². The van der Waals surface area contributed by atoms with E-state index in [0.29, 0.717) is 53.7 Å². The zero-order chi connectivity index (χ0) is 42.3. The molecule has 5 amide bonds. The molecule has 0 saturated carbocycles. The number of aromatic nitrogens is 2. The van der Waals surface area contributed by atoms with Gasteiger partial charge in [-0.05, 0) is 92.3 Å². The number of para-hydroxylation sites is 1. The van der Waals surface area contributed by atoms with Crippen LogP contribution in [0.1, 0.15) is 96.6 Å². The predicted octanol–water partition coefficient (Wildman–Crippen LogP) is 6.59. The minimum absolute atomic E-state index is 0.00547. The molecule has 4 aromatic rings. The van der Waals surface area contributed by atoms with E-state index in [0.717, 1.165) is 49.5 Å². The van der Waals surface area contributed by atoms with Crippen LogP contribution in [0.5, 0.6) is 11.5 Å². The van der Waals surface area contributed by atoms with Crippen molar-refractivity contribution < 1.29 is 33.1 Å². The van der Waals surface area contributed by atoms with Gasteiger partial charge in [0, 0.05) is 42.4 Å². The Morgan fingerprint density at radius 2 is 1.68 bits per heavy atom. The van der Waals surface area contributed by atoms with Gasteiger partial charge in [-0.3, -0.25) is 39.6 Å². The van der Waals surface area contributed by atoms with Crippen molar-refractivity contribution in [2.24, 2.45) is 5.92 Å². The summed E-state index contributed by atoms with van der Waals surface area (Å²) in [5, 5.41) is 14.7. The maximum absolute atomic E-state index is 15.0. The maximum atomic E-state index is 15.0. The lowest BCUT2D eigenvalue weighted by molar-refractivity contribution is -0.136. The Bertz CT molecular complexity index is 2290. The van der Waals surface area contributed by atoms with Crippen LogP contribution >= 0.6 is 11.8 Å². The molecule has 0 bridgehead atoms. The van der Waals surface area contributed by atoms with Crippen molar-refractivity contribution in [1.82, 2.24) is 25.1 Å².